The molecule has 0 aliphatic carbocycles. The molecule has 0 spiro atoms. The lowest BCUT2D eigenvalue weighted by Gasteiger charge is -2.16. The number of phenols is 1. The van der Waals surface area contributed by atoms with Crippen molar-refractivity contribution in [3.63, 3.8) is 0 Å². The molecule has 0 atom stereocenters. The summed E-state index contributed by atoms with van der Waals surface area (Å²) < 4.78 is 0. The maximum absolute atomic E-state index is 9.75. The summed E-state index contributed by atoms with van der Waals surface area (Å²) in [5.74, 6) is 0.130. The van der Waals surface area contributed by atoms with E-state index in [4.69, 9.17) is 11.6 Å². The molecule has 1 aliphatic rings. The number of anilines is 1. The van der Waals surface area contributed by atoms with Crippen LogP contribution in [-0.2, 0) is 0 Å². The number of rotatable bonds is 1. The minimum atomic E-state index is 0.130. The summed E-state index contributed by atoms with van der Waals surface area (Å²) in [5.41, 5.74) is 1.76. The van der Waals surface area contributed by atoms with E-state index in [0.29, 0.717) is 5.02 Å². The maximum atomic E-state index is 9.75. The minimum absolute atomic E-state index is 0.130. The monoisotopic (exact) mass is 210 g/mol. The number of hydrogen-bond donors (Lipinski definition) is 1. The Labute approximate surface area is 87.6 Å². The average molecular weight is 211 g/mol. The van der Waals surface area contributed by atoms with Crippen molar-refractivity contribution in [2.24, 2.45) is 4.99 Å². The number of benzene rings is 1. The number of aromatic hydroxyl groups is 1. The molecule has 0 aromatic heterocycles. The molecule has 0 radical (unpaired) electrons. The molecule has 1 aromatic carbocycles. The lowest BCUT2D eigenvalue weighted by atomic mass is 10.2. The largest absolute Gasteiger partial charge is 0.504 e. The molecule has 0 saturated heterocycles. The van der Waals surface area contributed by atoms with Crippen LogP contribution in [0.4, 0.5) is 5.69 Å². The highest BCUT2D eigenvalue weighted by Gasteiger charge is 2.14. The van der Waals surface area contributed by atoms with Crippen LogP contribution in [0.1, 0.15) is 5.56 Å². The van der Waals surface area contributed by atoms with Crippen LogP contribution in [0.2, 0.25) is 5.02 Å². The molecule has 0 saturated carbocycles. The van der Waals surface area contributed by atoms with Crippen molar-refractivity contribution in [1.82, 2.24) is 0 Å². The fraction of sp³-hybridized carbons (Fsp3) is 0.300. The summed E-state index contributed by atoms with van der Waals surface area (Å²) in [6, 6.07) is 3.64. The lowest BCUT2D eigenvalue weighted by Crippen LogP contribution is -2.18. The lowest BCUT2D eigenvalue weighted by molar-refractivity contribution is 0.476. The summed E-state index contributed by atoms with van der Waals surface area (Å²) in [6.45, 7) is 3.51. The van der Waals surface area contributed by atoms with Crippen LogP contribution in [0.15, 0.2) is 17.1 Å². The van der Waals surface area contributed by atoms with E-state index in [-0.39, 0.29) is 5.75 Å². The van der Waals surface area contributed by atoms with Crippen molar-refractivity contribution in [3.8, 4) is 5.75 Å². The Kier molecular flexibility index (Phi) is 2.33. The van der Waals surface area contributed by atoms with E-state index < -0.39 is 0 Å². The van der Waals surface area contributed by atoms with Gasteiger partial charge in [-0.25, -0.2) is 0 Å². The Bertz CT molecular complexity index is 390. The van der Waals surface area contributed by atoms with Crippen molar-refractivity contribution in [2.45, 2.75) is 6.92 Å². The topological polar surface area (TPSA) is 35.8 Å². The first-order valence-corrected chi connectivity index (χ1v) is 4.82. The van der Waals surface area contributed by atoms with Gasteiger partial charge in [0.2, 0.25) is 0 Å². The SMILES string of the molecule is Cc1cc(Cl)c(O)c(N2C=NCC2)c1. The van der Waals surface area contributed by atoms with Crippen LogP contribution in [0.3, 0.4) is 0 Å². The average Bonchev–Trinajstić information content (AvgIpc) is 2.63. The summed E-state index contributed by atoms with van der Waals surface area (Å²) in [6.07, 6.45) is 1.73. The number of aliphatic imine (C=N–C) groups is 1. The number of nitrogens with zero attached hydrogens (tertiary/aromatic N) is 2. The predicted octanol–water partition coefficient (Wildman–Crippen LogP) is 2.20. The molecule has 74 valence electrons. The molecular weight excluding hydrogens is 200 g/mol. The van der Waals surface area contributed by atoms with Crippen LogP contribution in [0.25, 0.3) is 0 Å². The highest BCUT2D eigenvalue weighted by Crippen LogP contribution is 2.35. The van der Waals surface area contributed by atoms with Crippen LogP contribution < -0.4 is 4.90 Å². The second-order valence-corrected chi connectivity index (χ2v) is 3.74. The first kappa shape index (κ1) is 9.34. The summed E-state index contributed by atoms with van der Waals surface area (Å²) >= 11 is 5.88. The Hall–Kier alpha value is -1.22. The first-order valence-electron chi connectivity index (χ1n) is 4.44. The van der Waals surface area contributed by atoms with Gasteiger partial charge in [0.1, 0.15) is 0 Å². The van der Waals surface area contributed by atoms with Crippen LogP contribution >= 0.6 is 11.6 Å². The fourth-order valence-corrected chi connectivity index (χ4v) is 1.77. The molecule has 0 amide bonds. The molecule has 0 fully saturated rings. The zero-order valence-corrected chi connectivity index (χ0v) is 8.62. The third-order valence-electron chi connectivity index (χ3n) is 2.19. The van der Waals surface area contributed by atoms with E-state index in [1.807, 2.05) is 17.9 Å². The molecular formula is C10H11ClN2O. The van der Waals surface area contributed by atoms with Crippen molar-refractivity contribution in [2.75, 3.05) is 18.0 Å². The summed E-state index contributed by atoms with van der Waals surface area (Å²) in [7, 11) is 0. The maximum Gasteiger partial charge on any atom is 0.157 e. The van der Waals surface area contributed by atoms with Gasteiger partial charge in [-0.05, 0) is 24.6 Å². The molecule has 4 heteroatoms. The van der Waals surface area contributed by atoms with Gasteiger partial charge in [-0.15, -0.1) is 0 Å². The molecule has 3 nitrogen and oxygen atoms in total. The zero-order valence-electron chi connectivity index (χ0n) is 7.87. The van der Waals surface area contributed by atoms with Crippen LogP contribution in [0.5, 0.6) is 5.75 Å². The highest BCUT2D eigenvalue weighted by atomic mass is 35.5. The molecule has 1 N–H and O–H groups in total. The summed E-state index contributed by atoms with van der Waals surface area (Å²) in [4.78, 5) is 5.99. The van der Waals surface area contributed by atoms with E-state index in [9.17, 15) is 5.11 Å². The highest BCUT2D eigenvalue weighted by molar-refractivity contribution is 6.32. The van der Waals surface area contributed by atoms with Crippen molar-refractivity contribution >= 4 is 23.6 Å². The van der Waals surface area contributed by atoms with Crippen molar-refractivity contribution in [1.29, 1.82) is 0 Å². The smallest absolute Gasteiger partial charge is 0.157 e. The Morgan fingerprint density at radius 3 is 2.93 bits per heavy atom. The van der Waals surface area contributed by atoms with Gasteiger partial charge in [0.05, 0.1) is 23.6 Å². The Morgan fingerprint density at radius 2 is 2.29 bits per heavy atom. The second kappa shape index (κ2) is 3.50. The van der Waals surface area contributed by atoms with Gasteiger partial charge >= 0.3 is 0 Å². The number of aryl methyl sites for hydroxylation is 1. The van der Waals surface area contributed by atoms with Gasteiger partial charge in [-0.1, -0.05) is 11.6 Å². The van der Waals surface area contributed by atoms with Crippen molar-refractivity contribution < 1.29 is 5.11 Å². The second-order valence-electron chi connectivity index (χ2n) is 3.33. The standard InChI is InChI=1S/C10H11ClN2O/c1-7-4-8(11)10(14)9(5-7)13-3-2-12-6-13/h4-6,14H,2-3H2,1H3. The van der Waals surface area contributed by atoms with E-state index in [0.717, 1.165) is 24.3 Å². The molecule has 2 rings (SSSR count). The summed E-state index contributed by atoms with van der Waals surface area (Å²) in [5, 5.41) is 10.1. The van der Waals surface area contributed by atoms with Crippen molar-refractivity contribution in [3.05, 3.63) is 22.7 Å². The third kappa shape index (κ3) is 1.55. The molecule has 1 heterocycles. The van der Waals surface area contributed by atoms with Gasteiger partial charge in [0, 0.05) is 6.54 Å². The first-order chi connectivity index (χ1) is 6.68. The van der Waals surface area contributed by atoms with E-state index in [2.05, 4.69) is 4.99 Å². The zero-order chi connectivity index (χ0) is 10.1. The Balaban J connectivity index is 2.46. The fourth-order valence-electron chi connectivity index (χ4n) is 1.50. The van der Waals surface area contributed by atoms with Gasteiger partial charge in [0.15, 0.2) is 5.75 Å². The van der Waals surface area contributed by atoms with Crippen LogP contribution in [-0.4, -0.2) is 24.5 Å². The molecule has 0 bridgehead atoms. The number of halogens is 1. The predicted molar refractivity (Wildman–Crippen MR) is 58.6 cm³/mol. The Morgan fingerprint density at radius 1 is 1.50 bits per heavy atom. The molecule has 1 aliphatic heterocycles. The van der Waals surface area contributed by atoms with Crippen LogP contribution in [0, 0.1) is 6.92 Å². The minimum Gasteiger partial charge on any atom is -0.504 e. The number of hydrogen-bond acceptors (Lipinski definition) is 3. The normalized spacial score (nSPS) is 15.1. The van der Waals surface area contributed by atoms with E-state index >= 15 is 0 Å². The quantitative estimate of drug-likeness (QED) is 0.772. The van der Waals surface area contributed by atoms with E-state index in [1.54, 1.807) is 12.4 Å². The molecule has 1 aromatic rings. The van der Waals surface area contributed by atoms with Gasteiger partial charge in [-0.2, -0.15) is 0 Å². The number of phenolic OH excluding ortho intramolecular Hbond substituents is 1. The van der Waals surface area contributed by atoms with Gasteiger partial charge in [-0.3, -0.25) is 4.99 Å². The molecule has 0 unspecified atom stereocenters. The van der Waals surface area contributed by atoms with E-state index in [1.165, 1.54) is 0 Å². The van der Waals surface area contributed by atoms with Gasteiger partial charge in [0.25, 0.3) is 0 Å². The van der Waals surface area contributed by atoms with Gasteiger partial charge < -0.3 is 10.0 Å². The third-order valence-corrected chi connectivity index (χ3v) is 2.48. The molecule has 14 heavy (non-hydrogen) atoms.